The summed E-state index contributed by atoms with van der Waals surface area (Å²) in [6.07, 6.45) is 0. The van der Waals surface area contributed by atoms with Crippen LogP contribution in [0.25, 0.3) is 0 Å². The predicted molar refractivity (Wildman–Crippen MR) is 76.0 cm³/mol. The molecule has 1 aromatic rings. The fraction of sp³-hybridized carbons (Fsp3) is 0.538. The monoisotopic (exact) mass is 306 g/mol. The van der Waals surface area contributed by atoms with E-state index in [0.717, 1.165) is 18.8 Å². The number of likely N-dealkylation sites (N-methyl/N-ethyl adjacent to an activating group) is 1. The van der Waals surface area contributed by atoms with Gasteiger partial charge in [-0.1, -0.05) is 13.8 Å². The van der Waals surface area contributed by atoms with Crippen LogP contribution in [-0.2, 0) is 9.84 Å². The predicted octanol–water partition coefficient (Wildman–Crippen LogP) is 2.12. The van der Waals surface area contributed by atoms with Crippen LogP contribution in [0.15, 0.2) is 29.2 Å². The van der Waals surface area contributed by atoms with E-state index < -0.39 is 15.6 Å². The third kappa shape index (κ3) is 4.42. The van der Waals surface area contributed by atoms with E-state index in [1.165, 1.54) is 24.3 Å². The van der Waals surface area contributed by atoms with E-state index in [1.54, 1.807) is 0 Å². The Kier molecular flexibility index (Phi) is 5.88. The molecule has 1 N–H and O–H groups in total. The highest BCUT2D eigenvalue weighted by molar-refractivity contribution is 7.91. The first-order chi connectivity index (χ1) is 9.25. The largest absolute Gasteiger partial charge is 0.373 e. The summed E-state index contributed by atoms with van der Waals surface area (Å²) >= 11 is 0. The Labute approximate surface area is 118 Å². The first-order valence-electron chi connectivity index (χ1n) is 6.31. The van der Waals surface area contributed by atoms with E-state index in [1.807, 2.05) is 25.8 Å². The standard InChI is InChI=1S/C13H20F2N2O2S/c1-10(2)16-8-9-17(3)11-4-6-12(7-5-11)20(18,19)13(14)15/h4-7,10,13,16H,8-9H2,1-3H3. The Balaban J connectivity index is 2.72. The van der Waals surface area contributed by atoms with E-state index in [9.17, 15) is 17.2 Å². The molecule has 0 bridgehead atoms. The van der Waals surface area contributed by atoms with E-state index in [0.29, 0.717) is 6.04 Å². The molecule has 1 rings (SSSR count). The third-order valence-electron chi connectivity index (χ3n) is 2.84. The summed E-state index contributed by atoms with van der Waals surface area (Å²) in [5.74, 6) is -3.39. The van der Waals surface area contributed by atoms with Crippen LogP contribution < -0.4 is 10.2 Å². The number of sulfone groups is 1. The molecule has 0 aliphatic rings. The summed E-state index contributed by atoms with van der Waals surface area (Å²) < 4.78 is 47.4. The molecule has 7 heteroatoms. The average molecular weight is 306 g/mol. The van der Waals surface area contributed by atoms with Crippen molar-refractivity contribution in [2.24, 2.45) is 0 Å². The second kappa shape index (κ2) is 6.99. The maximum Gasteiger partial charge on any atom is 0.341 e. The Morgan fingerprint density at radius 1 is 1.20 bits per heavy atom. The van der Waals surface area contributed by atoms with Gasteiger partial charge in [0.05, 0.1) is 4.90 Å². The van der Waals surface area contributed by atoms with E-state index in [4.69, 9.17) is 0 Å². The molecule has 0 aliphatic heterocycles. The number of hydrogen-bond acceptors (Lipinski definition) is 4. The lowest BCUT2D eigenvalue weighted by Gasteiger charge is -2.20. The summed E-state index contributed by atoms with van der Waals surface area (Å²) in [6, 6.07) is 5.88. The number of halogens is 2. The van der Waals surface area contributed by atoms with Crippen molar-refractivity contribution in [2.45, 2.75) is 30.5 Å². The van der Waals surface area contributed by atoms with Gasteiger partial charge in [0, 0.05) is 31.9 Å². The van der Waals surface area contributed by atoms with Crippen molar-refractivity contribution in [3.63, 3.8) is 0 Å². The molecular weight excluding hydrogens is 286 g/mol. The number of nitrogens with one attached hydrogen (secondary N) is 1. The van der Waals surface area contributed by atoms with Crippen LogP contribution in [0.1, 0.15) is 13.8 Å². The smallest absolute Gasteiger partial charge is 0.341 e. The summed E-state index contributed by atoms with van der Waals surface area (Å²) in [7, 11) is -2.65. The minimum absolute atomic E-state index is 0.357. The first kappa shape index (κ1) is 16.8. The molecule has 20 heavy (non-hydrogen) atoms. The van der Waals surface area contributed by atoms with Crippen LogP contribution >= 0.6 is 0 Å². The van der Waals surface area contributed by atoms with Crippen molar-refractivity contribution >= 4 is 15.5 Å². The van der Waals surface area contributed by atoms with E-state index >= 15 is 0 Å². The molecule has 0 unspecified atom stereocenters. The van der Waals surface area contributed by atoms with E-state index in [2.05, 4.69) is 5.32 Å². The van der Waals surface area contributed by atoms with Gasteiger partial charge in [-0.25, -0.2) is 8.42 Å². The van der Waals surface area contributed by atoms with Crippen molar-refractivity contribution < 1.29 is 17.2 Å². The molecule has 0 amide bonds. The van der Waals surface area contributed by atoms with Crippen LogP contribution in [0.5, 0.6) is 0 Å². The normalized spacial score (nSPS) is 12.2. The van der Waals surface area contributed by atoms with Gasteiger partial charge in [0.25, 0.3) is 0 Å². The van der Waals surface area contributed by atoms with Crippen LogP contribution in [0.3, 0.4) is 0 Å². The Hall–Kier alpha value is -1.21. The lowest BCUT2D eigenvalue weighted by Crippen LogP contribution is -2.32. The Bertz CT molecular complexity index is 516. The van der Waals surface area contributed by atoms with Gasteiger partial charge in [0.1, 0.15) is 0 Å². The first-order valence-corrected chi connectivity index (χ1v) is 7.86. The van der Waals surface area contributed by atoms with Crippen LogP contribution in [-0.4, -0.2) is 40.4 Å². The third-order valence-corrected chi connectivity index (χ3v) is 4.24. The minimum Gasteiger partial charge on any atom is -0.373 e. The molecule has 0 saturated carbocycles. The molecule has 0 radical (unpaired) electrons. The van der Waals surface area contributed by atoms with Gasteiger partial charge in [-0.15, -0.1) is 0 Å². The summed E-state index contributed by atoms with van der Waals surface area (Å²) in [5, 5.41) is 3.26. The van der Waals surface area contributed by atoms with Gasteiger partial charge < -0.3 is 10.2 Å². The van der Waals surface area contributed by atoms with Gasteiger partial charge in [0.15, 0.2) is 0 Å². The molecule has 0 aliphatic carbocycles. The SMILES string of the molecule is CC(C)NCCN(C)c1ccc(S(=O)(=O)C(F)F)cc1. The number of alkyl halides is 2. The van der Waals surface area contributed by atoms with Crippen LogP contribution in [0.2, 0.25) is 0 Å². The second-order valence-electron chi connectivity index (χ2n) is 4.83. The van der Waals surface area contributed by atoms with Gasteiger partial charge in [-0.2, -0.15) is 8.78 Å². The van der Waals surface area contributed by atoms with Crippen LogP contribution in [0.4, 0.5) is 14.5 Å². The minimum atomic E-state index is -4.51. The molecule has 0 atom stereocenters. The van der Waals surface area contributed by atoms with E-state index in [-0.39, 0.29) is 4.90 Å². The number of anilines is 1. The molecule has 0 saturated heterocycles. The number of nitrogens with zero attached hydrogens (tertiary/aromatic N) is 1. The number of hydrogen-bond donors (Lipinski definition) is 1. The fourth-order valence-electron chi connectivity index (χ4n) is 1.64. The fourth-order valence-corrected chi connectivity index (χ4v) is 2.36. The maximum absolute atomic E-state index is 12.4. The molecular formula is C13H20F2N2O2S. The lowest BCUT2D eigenvalue weighted by molar-refractivity contribution is 0.234. The maximum atomic E-state index is 12.4. The van der Waals surface area contributed by atoms with Crippen molar-refractivity contribution in [2.75, 3.05) is 25.0 Å². The molecule has 114 valence electrons. The lowest BCUT2D eigenvalue weighted by atomic mass is 10.3. The number of rotatable bonds is 7. The zero-order chi connectivity index (χ0) is 15.3. The molecule has 0 fully saturated rings. The van der Waals surface area contributed by atoms with Gasteiger partial charge in [0.2, 0.25) is 9.84 Å². The quantitative estimate of drug-likeness (QED) is 0.838. The molecule has 0 heterocycles. The summed E-state index contributed by atoms with van der Waals surface area (Å²) in [6.45, 7) is 5.61. The number of benzene rings is 1. The molecule has 4 nitrogen and oxygen atoms in total. The summed E-state index contributed by atoms with van der Waals surface area (Å²) in [5.41, 5.74) is 0.781. The zero-order valence-electron chi connectivity index (χ0n) is 11.8. The zero-order valence-corrected chi connectivity index (χ0v) is 12.6. The van der Waals surface area contributed by atoms with Gasteiger partial charge in [-0.3, -0.25) is 0 Å². The summed E-state index contributed by atoms with van der Waals surface area (Å²) in [4.78, 5) is 1.57. The molecule has 1 aromatic carbocycles. The van der Waals surface area contributed by atoms with Crippen molar-refractivity contribution in [1.82, 2.24) is 5.32 Å². The van der Waals surface area contributed by atoms with Crippen molar-refractivity contribution in [3.05, 3.63) is 24.3 Å². The van der Waals surface area contributed by atoms with Crippen molar-refractivity contribution in [1.29, 1.82) is 0 Å². The topological polar surface area (TPSA) is 49.4 Å². The molecule has 0 aromatic heterocycles. The van der Waals surface area contributed by atoms with Gasteiger partial charge in [-0.05, 0) is 24.3 Å². The van der Waals surface area contributed by atoms with Crippen LogP contribution in [0, 0.1) is 0 Å². The molecule has 0 spiro atoms. The van der Waals surface area contributed by atoms with Crippen molar-refractivity contribution in [3.8, 4) is 0 Å². The highest BCUT2D eigenvalue weighted by Gasteiger charge is 2.26. The second-order valence-corrected chi connectivity index (χ2v) is 6.75. The Morgan fingerprint density at radius 2 is 1.75 bits per heavy atom. The average Bonchev–Trinajstić information content (AvgIpc) is 2.38. The Morgan fingerprint density at radius 3 is 2.20 bits per heavy atom. The van der Waals surface area contributed by atoms with Gasteiger partial charge >= 0.3 is 5.76 Å². The highest BCUT2D eigenvalue weighted by Crippen LogP contribution is 2.21. The highest BCUT2D eigenvalue weighted by atomic mass is 32.2.